The maximum atomic E-state index is 12.8. The van der Waals surface area contributed by atoms with E-state index in [1.165, 1.54) is 14.0 Å². The van der Waals surface area contributed by atoms with Crippen molar-refractivity contribution in [3.8, 4) is 6.07 Å². The largest absolute Gasteiger partial charge is 0.382 e. The molecule has 0 bridgehead atoms. The number of carbonyl (C=O) groups excluding carboxylic acids is 3. The van der Waals surface area contributed by atoms with Gasteiger partial charge in [0, 0.05) is 25.2 Å². The number of rotatable bonds is 10. The molecule has 3 atom stereocenters. The van der Waals surface area contributed by atoms with Gasteiger partial charge in [0.1, 0.15) is 17.8 Å². The van der Waals surface area contributed by atoms with E-state index in [4.69, 9.17) is 17.0 Å². The summed E-state index contributed by atoms with van der Waals surface area (Å²) in [5, 5.41) is 27.5. The zero-order chi connectivity index (χ0) is 22.1. The fraction of sp³-hybridized carbons (Fsp3) is 0.632. The lowest BCUT2D eigenvalue weighted by atomic mass is 9.98. The normalized spacial score (nSPS) is 18.8. The van der Waals surface area contributed by atoms with Crippen molar-refractivity contribution in [2.75, 3.05) is 13.6 Å². The Morgan fingerprint density at radius 1 is 1.38 bits per heavy atom. The van der Waals surface area contributed by atoms with E-state index in [1.54, 1.807) is 0 Å². The fourth-order valence-electron chi connectivity index (χ4n) is 3.01. The SMILES string of the molecule is CN/C(C(=O)NC(CC(C)C)C(=O)N[C@H](C#N)C[C@@H]1CCNC1=O)=C(/Cl)C(C)=N. The van der Waals surface area contributed by atoms with Crippen molar-refractivity contribution >= 4 is 35.0 Å². The van der Waals surface area contributed by atoms with Gasteiger partial charge in [-0.05, 0) is 32.1 Å². The van der Waals surface area contributed by atoms with Crippen molar-refractivity contribution in [3.63, 3.8) is 0 Å². The van der Waals surface area contributed by atoms with Crippen LogP contribution in [0.4, 0.5) is 0 Å². The summed E-state index contributed by atoms with van der Waals surface area (Å²) in [6, 6.07) is 0.281. The van der Waals surface area contributed by atoms with Crippen LogP contribution >= 0.6 is 11.6 Å². The Kier molecular flexibility index (Phi) is 9.62. The lowest BCUT2D eigenvalue weighted by Gasteiger charge is -2.23. The second-order valence-corrected chi connectivity index (χ2v) is 7.80. The second-order valence-electron chi connectivity index (χ2n) is 7.42. The third kappa shape index (κ3) is 7.38. The molecule has 0 radical (unpaired) electrons. The number of nitriles is 1. The molecule has 1 aliphatic heterocycles. The predicted octanol–water partition coefficient (Wildman–Crippen LogP) is 0.761. The summed E-state index contributed by atoms with van der Waals surface area (Å²) < 4.78 is 0. The molecule has 0 spiro atoms. The maximum absolute atomic E-state index is 12.8. The third-order valence-electron chi connectivity index (χ3n) is 4.51. The molecule has 0 aromatic rings. The summed E-state index contributed by atoms with van der Waals surface area (Å²) in [6.07, 6.45) is 1.19. The first-order valence-corrected chi connectivity index (χ1v) is 9.90. The minimum Gasteiger partial charge on any atom is -0.382 e. The van der Waals surface area contributed by atoms with Gasteiger partial charge in [-0.2, -0.15) is 5.26 Å². The molecule has 1 rings (SSSR count). The number of hydrogen-bond acceptors (Lipinski definition) is 6. The van der Waals surface area contributed by atoms with Gasteiger partial charge in [0.15, 0.2) is 0 Å². The molecule has 0 aliphatic carbocycles. The topological polar surface area (TPSA) is 147 Å². The van der Waals surface area contributed by atoms with Crippen molar-refractivity contribution in [2.45, 2.75) is 52.1 Å². The number of nitrogens with one attached hydrogen (secondary N) is 5. The molecule has 1 fully saturated rings. The van der Waals surface area contributed by atoms with Crippen LogP contribution < -0.4 is 21.3 Å². The molecule has 160 valence electrons. The average Bonchev–Trinajstić information content (AvgIpc) is 3.05. The van der Waals surface area contributed by atoms with E-state index in [2.05, 4.69) is 21.3 Å². The van der Waals surface area contributed by atoms with Crippen molar-refractivity contribution in [3.05, 3.63) is 10.7 Å². The molecule has 0 aromatic carbocycles. The second kappa shape index (κ2) is 11.4. The van der Waals surface area contributed by atoms with Crippen LogP contribution in [0.3, 0.4) is 0 Å². The Bertz CT molecular complexity index is 728. The average molecular weight is 425 g/mol. The van der Waals surface area contributed by atoms with Crippen LogP contribution in [0.15, 0.2) is 10.7 Å². The molecule has 1 aliphatic rings. The molecule has 1 saturated heterocycles. The van der Waals surface area contributed by atoms with Crippen LogP contribution in [0.2, 0.25) is 0 Å². The molecule has 1 unspecified atom stereocenters. The van der Waals surface area contributed by atoms with Crippen LogP contribution in [0.5, 0.6) is 0 Å². The Morgan fingerprint density at radius 2 is 2.03 bits per heavy atom. The van der Waals surface area contributed by atoms with E-state index in [0.29, 0.717) is 19.4 Å². The Labute approximate surface area is 176 Å². The first-order valence-electron chi connectivity index (χ1n) is 9.52. The summed E-state index contributed by atoms with van der Waals surface area (Å²) in [6.45, 7) is 5.82. The van der Waals surface area contributed by atoms with Crippen LogP contribution in [0.25, 0.3) is 0 Å². The predicted molar refractivity (Wildman–Crippen MR) is 110 cm³/mol. The van der Waals surface area contributed by atoms with Gasteiger partial charge in [0.2, 0.25) is 11.8 Å². The molecule has 10 heteroatoms. The van der Waals surface area contributed by atoms with Crippen molar-refractivity contribution in [1.29, 1.82) is 10.7 Å². The summed E-state index contributed by atoms with van der Waals surface area (Å²) in [7, 11) is 1.50. The number of nitrogens with zero attached hydrogens (tertiary/aromatic N) is 1. The number of carbonyl (C=O) groups is 3. The summed E-state index contributed by atoms with van der Waals surface area (Å²) in [4.78, 5) is 37.1. The highest BCUT2D eigenvalue weighted by molar-refractivity contribution is 6.44. The van der Waals surface area contributed by atoms with Crippen molar-refractivity contribution in [1.82, 2.24) is 21.3 Å². The standard InChI is InChI=1S/C19H29ClN6O3/c1-10(2)7-14(26-19(29)16(23-4)15(20)11(3)22)18(28)25-13(9-21)8-12-5-6-24-17(12)27/h10,12-14,22-23H,5-8H2,1-4H3,(H,24,27)(H,25,28)(H,26,29)/b16-15+,22-11?/t12-,13-,14?/m0/s1. The fourth-order valence-corrected chi connectivity index (χ4v) is 3.19. The van der Waals surface area contributed by atoms with Crippen LogP contribution in [0.1, 0.15) is 40.0 Å². The van der Waals surface area contributed by atoms with Gasteiger partial charge in [0.25, 0.3) is 5.91 Å². The van der Waals surface area contributed by atoms with E-state index >= 15 is 0 Å². The molecular formula is C19H29ClN6O3. The van der Waals surface area contributed by atoms with E-state index in [-0.39, 0.29) is 40.6 Å². The van der Waals surface area contributed by atoms with Gasteiger partial charge in [0.05, 0.1) is 11.1 Å². The highest BCUT2D eigenvalue weighted by Gasteiger charge is 2.30. The smallest absolute Gasteiger partial charge is 0.269 e. The van der Waals surface area contributed by atoms with Gasteiger partial charge in [-0.3, -0.25) is 14.4 Å². The number of allylic oxidation sites excluding steroid dienone is 1. The zero-order valence-corrected chi connectivity index (χ0v) is 17.9. The molecule has 9 nitrogen and oxygen atoms in total. The number of likely N-dealkylation sites (N-methyl/N-ethyl adjacent to an activating group) is 1. The van der Waals surface area contributed by atoms with Crippen molar-refractivity contribution < 1.29 is 14.4 Å². The van der Waals surface area contributed by atoms with Crippen LogP contribution in [0, 0.1) is 28.6 Å². The minimum absolute atomic E-state index is 0.00964. The van der Waals surface area contributed by atoms with E-state index in [9.17, 15) is 19.6 Å². The van der Waals surface area contributed by atoms with Gasteiger partial charge in [-0.1, -0.05) is 25.4 Å². The summed E-state index contributed by atoms with van der Waals surface area (Å²) >= 11 is 6.01. The lowest BCUT2D eigenvalue weighted by molar-refractivity contribution is -0.128. The Balaban J connectivity index is 2.90. The van der Waals surface area contributed by atoms with Crippen LogP contribution in [-0.4, -0.2) is 49.1 Å². The molecule has 5 N–H and O–H groups in total. The monoisotopic (exact) mass is 424 g/mol. The molecule has 0 saturated carbocycles. The summed E-state index contributed by atoms with van der Waals surface area (Å²) in [5.74, 6) is -1.46. The number of halogens is 1. The molecule has 3 amide bonds. The first kappa shape index (κ1) is 24.4. The molecule has 1 heterocycles. The molecular weight excluding hydrogens is 396 g/mol. The van der Waals surface area contributed by atoms with Crippen LogP contribution in [-0.2, 0) is 14.4 Å². The zero-order valence-electron chi connectivity index (χ0n) is 17.2. The lowest BCUT2D eigenvalue weighted by Crippen LogP contribution is -2.51. The minimum atomic E-state index is -0.894. The van der Waals surface area contributed by atoms with Crippen molar-refractivity contribution in [2.24, 2.45) is 11.8 Å². The van der Waals surface area contributed by atoms with Gasteiger partial charge in [-0.25, -0.2) is 0 Å². The quantitative estimate of drug-likeness (QED) is 0.259. The number of amides is 3. The first-order chi connectivity index (χ1) is 13.6. The Hall–Kier alpha value is -2.60. The Morgan fingerprint density at radius 3 is 2.48 bits per heavy atom. The third-order valence-corrected chi connectivity index (χ3v) is 4.98. The van der Waals surface area contributed by atoms with Gasteiger partial charge in [-0.15, -0.1) is 0 Å². The van der Waals surface area contributed by atoms with E-state index in [0.717, 1.165) is 0 Å². The molecule has 0 aromatic heterocycles. The number of hydrogen-bond donors (Lipinski definition) is 5. The molecule has 29 heavy (non-hydrogen) atoms. The van der Waals surface area contributed by atoms with Gasteiger partial charge < -0.3 is 26.7 Å². The maximum Gasteiger partial charge on any atom is 0.269 e. The van der Waals surface area contributed by atoms with E-state index < -0.39 is 23.9 Å². The highest BCUT2D eigenvalue weighted by Crippen LogP contribution is 2.16. The van der Waals surface area contributed by atoms with Gasteiger partial charge >= 0.3 is 0 Å². The highest BCUT2D eigenvalue weighted by atomic mass is 35.5. The van der Waals surface area contributed by atoms with E-state index in [1.807, 2.05) is 19.9 Å². The summed E-state index contributed by atoms with van der Waals surface area (Å²) in [5.41, 5.74) is -0.00408.